The number of hydrazone groups is 1. The zero-order valence-electron chi connectivity index (χ0n) is 11.3. The molecule has 22 heavy (non-hydrogen) atoms. The van der Waals surface area contributed by atoms with Crippen molar-refractivity contribution in [2.75, 3.05) is 5.43 Å². The number of nitrogens with one attached hydrogen (secondary N) is 1. The summed E-state index contributed by atoms with van der Waals surface area (Å²) in [6.45, 7) is 0. The van der Waals surface area contributed by atoms with Gasteiger partial charge in [0.1, 0.15) is 0 Å². The summed E-state index contributed by atoms with van der Waals surface area (Å²) in [5, 5.41) is 7.65. The zero-order chi connectivity index (χ0) is 15.4. The predicted octanol–water partition coefficient (Wildman–Crippen LogP) is 5.67. The quantitative estimate of drug-likeness (QED) is 0.458. The van der Waals surface area contributed by atoms with Crippen LogP contribution < -0.4 is 5.43 Å². The van der Waals surface area contributed by atoms with E-state index in [0.29, 0.717) is 0 Å². The second-order valence-corrected chi connectivity index (χ2v) is 6.68. The molecule has 0 fully saturated rings. The van der Waals surface area contributed by atoms with Crippen LogP contribution in [0.4, 0.5) is 5.13 Å². The van der Waals surface area contributed by atoms with E-state index in [-0.39, 0.29) is 0 Å². The van der Waals surface area contributed by atoms with Gasteiger partial charge in [-0.05, 0) is 29.8 Å². The van der Waals surface area contributed by atoms with Crippen molar-refractivity contribution in [1.82, 2.24) is 4.98 Å². The Balaban J connectivity index is 1.66. The highest BCUT2D eigenvalue weighted by molar-refractivity contribution is 9.10. The average molecular weight is 393 g/mol. The van der Waals surface area contributed by atoms with Crippen LogP contribution in [0.15, 0.2) is 63.5 Å². The van der Waals surface area contributed by atoms with E-state index >= 15 is 0 Å². The fraction of sp³-hybridized carbons (Fsp3) is 0. The van der Waals surface area contributed by atoms with Gasteiger partial charge in [-0.25, -0.2) is 4.98 Å². The van der Waals surface area contributed by atoms with Crippen molar-refractivity contribution in [1.29, 1.82) is 0 Å². The van der Waals surface area contributed by atoms with Crippen LogP contribution in [0.3, 0.4) is 0 Å². The second-order valence-electron chi connectivity index (χ2n) is 4.47. The number of rotatable bonds is 4. The first kappa shape index (κ1) is 15.2. The van der Waals surface area contributed by atoms with E-state index in [1.807, 2.05) is 53.9 Å². The molecule has 1 heterocycles. The molecule has 110 valence electrons. The monoisotopic (exact) mass is 391 g/mol. The number of hydrogen-bond acceptors (Lipinski definition) is 4. The Hall–Kier alpha value is -1.69. The summed E-state index contributed by atoms with van der Waals surface area (Å²) in [7, 11) is 0. The summed E-state index contributed by atoms with van der Waals surface area (Å²) in [6, 6.07) is 15.5. The molecule has 0 amide bonds. The van der Waals surface area contributed by atoms with Crippen LogP contribution in [0, 0.1) is 0 Å². The van der Waals surface area contributed by atoms with Crippen LogP contribution in [0.2, 0.25) is 5.02 Å². The van der Waals surface area contributed by atoms with Crippen molar-refractivity contribution in [2.24, 2.45) is 5.10 Å². The summed E-state index contributed by atoms with van der Waals surface area (Å²) in [4.78, 5) is 4.50. The van der Waals surface area contributed by atoms with Gasteiger partial charge >= 0.3 is 0 Å². The van der Waals surface area contributed by atoms with E-state index in [0.717, 1.165) is 31.4 Å². The van der Waals surface area contributed by atoms with Gasteiger partial charge in [0.2, 0.25) is 5.13 Å². The molecule has 0 aliphatic rings. The minimum Gasteiger partial charge on any atom is -0.253 e. The first-order valence-electron chi connectivity index (χ1n) is 6.47. The molecule has 3 rings (SSSR count). The molecule has 0 aliphatic carbocycles. The normalized spacial score (nSPS) is 11.0. The molecule has 0 aliphatic heterocycles. The number of hydrogen-bond donors (Lipinski definition) is 1. The predicted molar refractivity (Wildman–Crippen MR) is 97.9 cm³/mol. The van der Waals surface area contributed by atoms with Gasteiger partial charge in [-0.3, -0.25) is 5.43 Å². The van der Waals surface area contributed by atoms with Crippen LogP contribution in [-0.4, -0.2) is 11.2 Å². The number of benzene rings is 2. The fourth-order valence-electron chi connectivity index (χ4n) is 1.79. The summed E-state index contributed by atoms with van der Waals surface area (Å²) in [5.41, 5.74) is 5.91. The number of halogens is 2. The first-order chi connectivity index (χ1) is 10.7. The highest BCUT2D eigenvalue weighted by Gasteiger charge is 2.03. The maximum atomic E-state index is 5.89. The minimum atomic E-state index is 0.719. The first-order valence-corrected chi connectivity index (χ1v) is 8.52. The van der Waals surface area contributed by atoms with E-state index in [2.05, 4.69) is 31.4 Å². The van der Waals surface area contributed by atoms with Gasteiger partial charge in [0.05, 0.1) is 11.9 Å². The van der Waals surface area contributed by atoms with Crippen molar-refractivity contribution in [3.63, 3.8) is 0 Å². The van der Waals surface area contributed by atoms with Gasteiger partial charge in [-0.2, -0.15) is 5.10 Å². The van der Waals surface area contributed by atoms with E-state index in [1.165, 1.54) is 11.3 Å². The molecule has 0 saturated carbocycles. The second kappa shape index (κ2) is 7.05. The molecule has 3 nitrogen and oxygen atoms in total. The minimum absolute atomic E-state index is 0.719. The van der Waals surface area contributed by atoms with Gasteiger partial charge in [0.15, 0.2) is 0 Å². The molecule has 0 saturated heterocycles. The number of aromatic nitrogens is 1. The highest BCUT2D eigenvalue weighted by atomic mass is 79.9. The highest BCUT2D eigenvalue weighted by Crippen LogP contribution is 2.25. The third-order valence-electron chi connectivity index (χ3n) is 2.89. The lowest BCUT2D eigenvalue weighted by Gasteiger charge is -1.97. The third kappa shape index (κ3) is 3.94. The molecular formula is C16H11BrClN3S. The topological polar surface area (TPSA) is 37.3 Å². The lowest BCUT2D eigenvalue weighted by Crippen LogP contribution is -1.90. The zero-order valence-corrected chi connectivity index (χ0v) is 14.5. The van der Waals surface area contributed by atoms with Crippen LogP contribution >= 0.6 is 38.9 Å². The Bertz CT molecular complexity index is 782. The smallest absolute Gasteiger partial charge is 0.203 e. The van der Waals surface area contributed by atoms with E-state index in [9.17, 15) is 0 Å². The van der Waals surface area contributed by atoms with Crippen LogP contribution in [-0.2, 0) is 0 Å². The van der Waals surface area contributed by atoms with Crippen LogP contribution in [0.25, 0.3) is 11.3 Å². The summed E-state index contributed by atoms with van der Waals surface area (Å²) in [5.74, 6) is 0. The van der Waals surface area contributed by atoms with Gasteiger partial charge in [0, 0.05) is 20.4 Å². The molecule has 0 radical (unpaired) electrons. The summed E-state index contributed by atoms with van der Waals surface area (Å²) < 4.78 is 1.05. The Morgan fingerprint density at radius 2 is 1.82 bits per heavy atom. The lowest BCUT2D eigenvalue weighted by molar-refractivity contribution is 1.29. The number of thiazole rings is 1. The van der Waals surface area contributed by atoms with E-state index in [4.69, 9.17) is 11.6 Å². The molecule has 1 N–H and O–H groups in total. The van der Waals surface area contributed by atoms with Gasteiger partial charge in [-0.15, -0.1) is 11.3 Å². The Morgan fingerprint density at radius 3 is 2.55 bits per heavy atom. The Labute approximate surface area is 145 Å². The molecule has 0 unspecified atom stereocenters. The standard InChI is InChI=1S/C16H11BrClN3S/c17-13-5-1-11(2-6-13)9-19-21-16-20-15(10-22-16)12-3-7-14(18)8-4-12/h1-10H,(H,20,21)/b19-9-. The van der Waals surface area contributed by atoms with Crippen molar-refractivity contribution < 1.29 is 0 Å². The van der Waals surface area contributed by atoms with Crippen molar-refractivity contribution >= 4 is 50.2 Å². The van der Waals surface area contributed by atoms with Gasteiger partial charge < -0.3 is 0 Å². The Morgan fingerprint density at radius 1 is 1.09 bits per heavy atom. The molecule has 6 heteroatoms. The van der Waals surface area contributed by atoms with E-state index in [1.54, 1.807) is 6.21 Å². The number of anilines is 1. The molecule has 0 spiro atoms. The van der Waals surface area contributed by atoms with Gasteiger partial charge in [-0.1, -0.05) is 51.8 Å². The molecule has 2 aromatic carbocycles. The number of nitrogens with zero attached hydrogens (tertiary/aromatic N) is 2. The molecular weight excluding hydrogens is 382 g/mol. The largest absolute Gasteiger partial charge is 0.253 e. The van der Waals surface area contributed by atoms with Gasteiger partial charge in [0.25, 0.3) is 0 Å². The maximum Gasteiger partial charge on any atom is 0.203 e. The average Bonchev–Trinajstić information content (AvgIpc) is 2.99. The molecule has 0 bridgehead atoms. The van der Waals surface area contributed by atoms with Crippen LogP contribution in [0.5, 0.6) is 0 Å². The maximum absolute atomic E-state index is 5.89. The van der Waals surface area contributed by atoms with Crippen molar-refractivity contribution in [2.45, 2.75) is 0 Å². The molecule has 1 aromatic heterocycles. The van der Waals surface area contributed by atoms with Crippen LogP contribution in [0.1, 0.15) is 5.56 Å². The van der Waals surface area contributed by atoms with Crippen molar-refractivity contribution in [3.05, 3.63) is 69.0 Å². The lowest BCUT2D eigenvalue weighted by atomic mass is 10.2. The fourth-order valence-corrected chi connectivity index (χ4v) is 2.85. The SMILES string of the molecule is Clc1ccc(-c2csc(N/N=C\c3ccc(Br)cc3)n2)cc1. The summed E-state index contributed by atoms with van der Waals surface area (Å²) >= 11 is 10.8. The Kier molecular flexibility index (Phi) is 4.87. The van der Waals surface area contributed by atoms with E-state index < -0.39 is 0 Å². The summed E-state index contributed by atoms with van der Waals surface area (Å²) in [6.07, 6.45) is 1.76. The van der Waals surface area contributed by atoms with Crippen molar-refractivity contribution in [3.8, 4) is 11.3 Å². The molecule has 0 atom stereocenters. The molecule has 3 aromatic rings. The third-order valence-corrected chi connectivity index (χ3v) is 4.42.